The van der Waals surface area contributed by atoms with Crippen LogP contribution < -0.4 is 10.1 Å². The van der Waals surface area contributed by atoms with E-state index in [1.165, 1.54) is 0 Å². The maximum atomic E-state index is 12.4. The van der Waals surface area contributed by atoms with Gasteiger partial charge >= 0.3 is 0 Å². The van der Waals surface area contributed by atoms with Crippen molar-refractivity contribution >= 4 is 5.91 Å². The van der Waals surface area contributed by atoms with E-state index in [-0.39, 0.29) is 12.5 Å². The summed E-state index contributed by atoms with van der Waals surface area (Å²) in [4.78, 5) is 16.4. The Kier molecular flexibility index (Phi) is 5.39. The number of hydrogen-bond acceptors (Lipinski definition) is 4. The van der Waals surface area contributed by atoms with Crippen LogP contribution in [0.1, 0.15) is 22.0 Å². The van der Waals surface area contributed by atoms with Crippen LogP contribution in [0.5, 0.6) is 11.5 Å². The van der Waals surface area contributed by atoms with E-state index in [2.05, 4.69) is 10.3 Å². The Labute approximate surface area is 145 Å². The van der Waals surface area contributed by atoms with Gasteiger partial charge in [0.05, 0.1) is 18.8 Å². The van der Waals surface area contributed by atoms with Gasteiger partial charge in [-0.05, 0) is 42.0 Å². The number of hydrogen-bond donors (Lipinski definition) is 2. The van der Waals surface area contributed by atoms with Crippen LogP contribution in [0.15, 0.2) is 79.1 Å². The molecule has 0 aliphatic rings. The van der Waals surface area contributed by atoms with Crippen molar-refractivity contribution in [3.05, 3.63) is 90.3 Å². The highest BCUT2D eigenvalue weighted by Gasteiger charge is 2.14. The standard InChI is InChI=1S/C20H18N2O3/c23-14-19(15-5-2-1-3-6-15)22-20(24)16-8-10-17(11-9-16)25-18-7-4-12-21-13-18/h1-13,19,23H,14H2,(H,22,24). The normalized spacial score (nSPS) is 11.6. The third-order valence-corrected chi connectivity index (χ3v) is 3.68. The van der Waals surface area contributed by atoms with E-state index >= 15 is 0 Å². The first-order valence-corrected chi connectivity index (χ1v) is 7.91. The molecule has 126 valence electrons. The molecule has 1 amide bonds. The average Bonchev–Trinajstić information content (AvgIpc) is 2.68. The molecule has 1 unspecified atom stereocenters. The molecular weight excluding hydrogens is 316 g/mol. The fourth-order valence-electron chi connectivity index (χ4n) is 2.38. The minimum atomic E-state index is -0.444. The minimum absolute atomic E-state index is 0.169. The van der Waals surface area contributed by atoms with Crippen LogP contribution in [0.2, 0.25) is 0 Å². The Morgan fingerprint density at radius 1 is 1.00 bits per heavy atom. The van der Waals surface area contributed by atoms with Gasteiger partial charge in [0.1, 0.15) is 11.5 Å². The molecule has 0 aliphatic carbocycles. The van der Waals surface area contributed by atoms with Crippen molar-refractivity contribution in [1.82, 2.24) is 10.3 Å². The summed E-state index contributed by atoms with van der Waals surface area (Å²) in [5.41, 5.74) is 1.35. The second-order valence-corrected chi connectivity index (χ2v) is 5.43. The van der Waals surface area contributed by atoms with E-state index in [4.69, 9.17) is 4.74 Å². The van der Waals surface area contributed by atoms with Gasteiger partial charge < -0.3 is 15.2 Å². The van der Waals surface area contributed by atoms with Crippen molar-refractivity contribution in [3.63, 3.8) is 0 Å². The van der Waals surface area contributed by atoms with Gasteiger partial charge in [-0.2, -0.15) is 0 Å². The highest BCUT2D eigenvalue weighted by atomic mass is 16.5. The number of aliphatic hydroxyl groups excluding tert-OH is 1. The van der Waals surface area contributed by atoms with Crippen molar-refractivity contribution < 1.29 is 14.6 Å². The zero-order valence-corrected chi connectivity index (χ0v) is 13.5. The quantitative estimate of drug-likeness (QED) is 0.725. The molecule has 2 aromatic carbocycles. The summed E-state index contributed by atoms with van der Waals surface area (Å²) >= 11 is 0. The molecule has 0 bridgehead atoms. The van der Waals surface area contributed by atoms with Gasteiger partial charge in [0.25, 0.3) is 5.91 Å². The summed E-state index contributed by atoms with van der Waals surface area (Å²) in [6.45, 7) is -0.169. The van der Waals surface area contributed by atoms with Crippen LogP contribution >= 0.6 is 0 Å². The summed E-state index contributed by atoms with van der Waals surface area (Å²) in [5, 5.41) is 12.4. The monoisotopic (exact) mass is 334 g/mol. The molecule has 3 aromatic rings. The van der Waals surface area contributed by atoms with E-state index in [1.54, 1.807) is 48.8 Å². The van der Waals surface area contributed by atoms with E-state index in [9.17, 15) is 9.90 Å². The smallest absolute Gasteiger partial charge is 0.251 e. The maximum absolute atomic E-state index is 12.4. The molecule has 1 atom stereocenters. The molecule has 0 saturated heterocycles. The molecule has 0 radical (unpaired) electrons. The van der Waals surface area contributed by atoms with Gasteiger partial charge in [0.15, 0.2) is 0 Å². The number of rotatable bonds is 6. The number of carbonyl (C=O) groups is 1. The third kappa shape index (κ3) is 4.43. The average molecular weight is 334 g/mol. The fraction of sp³-hybridized carbons (Fsp3) is 0.100. The Balaban J connectivity index is 1.66. The SMILES string of the molecule is O=C(NC(CO)c1ccccc1)c1ccc(Oc2cccnc2)cc1. The molecule has 1 heterocycles. The first-order chi connectivity index (χ1) is 12.3. The molecule has 0 spiro atoms. The van der Waals surface area contributed by atoms with Gasteiger partial charge in [0, 0.05) is 11.8 Å². The molecule has 3 rings (SSSR count). The molecule has 0 saturated carbocycles. The predicted molar refractivity (Wildman–Crippen MR) is 94.5 cm³/mol. The van der Waals surface area contributed by atoms with Crippen molar-refractivity contribution in [3.8, 4) is 11.5 Å². The van der Waals surface area contributed by atoms with Gasteiger partial charge in [-0.15, -0.1) is 0 Å². The molecule has 2 N–H and O–H groups in total. The zero-order valence-electron chi connectivity index (χ0n) is 13.5. The number of nitrogens with zero attached hydrogens (tertiary/aromatic N) is 1. The van der Waals surface area contributed by atoms with Crippen molar-refractivity contribution in [2.45, 2.75) is 6.04 Å². The van der Waals surface area contributed by atoms with Crippen molar-refractivity contribution in [1.29, 1.82) is 0 Å². The fourth-order valence-corrected chi connectivity index (χ4v) is 2.38. The number of nitrogens with one attached hydrogen (secondary N) is 1. The van der Waals surface area contributed by atoms with Crippen LogP contribution in [0.3, 0.4) is 0 Å². The molecular formula is C20H18N2O3. The molecule has 0 aliphatic heterocycles. The van der Waals surface area contributed by atoms with Crippen LogP contribution in [0, 0.1) is 0 Å². The first-order valence-electron chi connectivity index (χ1n) is 7.91. The topological polar surface area (TPSA) is 71.5 Å². The molecule has 5 nitrogen and oxygen atoms in total. The summed E-state index contributed by atoms with van der Waals surface area (Å²) in [7, 11) is 0. The lowest BCUT2D eigenvalue weighted by Crippen LogP contribution is -2.30. The summed E-state index contributed by atoms with van der Waals surface area (Å²) in [5.74, 6) is 0.992. The van der Waals surface area contributed by atoms with Crippen LogP contribution in [0.4, 0.5) is 0 Å². The first kappa shape index (κ1) is 16.7. The summed E-state index contributed by atoms with van der Waals surface area (Å²) in [6, 6.07) is 19.3. The highest BCUT2D eigenvalue weighted by Crippen LogP contribution is 2.21. The zero-order chi connectivity index (χ0) is 17.5. The lowest BCUT2D eigenvalue weighted by atomic mass is 10.1. The van der Waals surface area contributed by atoms with E-state index in [0.717, 1.165) is 5.56 Å². The number of amides is 1. The second kappa shape index (κ2) is 8.08. The number of aromatic nitrogens is 1. The molecule has 1 aromatic heterocycles. The maximum Gasteiger partial charge on any atom is 0.251 e. The predicted octanol–water partition coefficient (Wildman–Crippen LogP) is 3.34. The van der Waals surface area contributed by atoms with Crippen molar-refractivity contribution in [2.24, 2.45) is 0 Å². The van der Waals surface area contributed by atoms with Crippen molar-refractivity contribution in [2.75, 3.05) is 6.61 Å². The van der Waals surface area contributed by atoms with Gasteiger partial charge in [-0.25, -0.2) is 0 Å². The van der Waals surface area contributed by atoms with Gasteiger partial charge in [-0.1, -0.05) is 30.3 Å². The largest absolute Gasteiger partial charge is 0.456 e. The van der Waals surface area contributed by atoms with E-state index in [0.29, 0.717) is 17.1 Å². The Hall–Kier alpha value is -3.18. The number of ether oxygens (including phenoxy) is 1. The van der Waals surface area contributed by atoms with Crippen LogP contribution in [-0.4, -0.2) is 22.6 Å². The number of pyridine rings is 1. The van der Waals surface area contributed by atoms with Gasteiger partial charge in [-0.3, -0.25) is 9.78 Å². The summed E-state index contributed by atoms with van der Waals surface area (Å²) < 4.78 is 5.65. The minimum Gasteiger partial charge on any atom is -0.456 e. The summed E-state index contributed by atoms with van der Waals surface area (Å²) in [6.07, 6.45) is 3.29. The molecule has 25 heavy (non-hydrogen) atoms. The number of benzene rings is 2. The Bertz CT molecular complexity index is 805. The lowest BCUT2D eigenvalue weighted by Gasteiger charge is -2.17. The number of carbonyl (C=O) groups excluding carboxylic acids is 1. The highest BCUT2D eigenvalue weighted by molar-refractivity contribution is 5.94. The second-order valence-electron chi connectivity index (χ2n) is 5.43. The van der Waals surface area contributed by atoms with Crippen LogP contribution in [-0.2, 0) is 0 Å². The Morgan fingerprint density at radius 2 is 1.76 bits per heavy atom. The number of aliphatic hydroxyl groups is 1. The van der Waals surface area contributed by atoms with E-state index in [1.807, 2.05) is 30.3 Å². The molecule has 5 heteroatoms. The Morgan fingerprint density at radius 3 is 2.40 bits per heavy atom. The van der Waals surface area contributed by atoms with Crippen LogP contribution in [0.25, 0.3) is 0 Å². The van der Waals surface area contributed by atoms with Gasteiger partial charge in [0.2, 0.25) is 0 Å². The lowest BCUT2D eigenvalue weighted by molar-refractivity contribution is 0.0916. The van der Waals surface area contributed by atoms with E-state index < -0.39 is 6.04 Å². The molecule has 0 fully saturated rings. The third-order valence-electron chi connectivity index (χ3n) is 3.68.